The summed E-state index contributed by atoms with van der Waals surface area (Å²) in [6.45, 7) is 1.96. The van der Waals surface area contributed by atoms with Crippen LogP contribution in [-0.2, 0) is 0 Å². The van der Waals surface area contributed by atoms with Crippen LogP contribution in [-0.4, -0.2) is 20.2 Å². The van der Waals surface area contributed by atoms with E-state index in [9.17, 15) is 4.79 Å². The number of thioether (sulfide) groups is 1. The molecule has 112 valence electrons. The Bertz CT molecular complexity index is 884. The number of nitrogens with zero attached hydrogens (tertiary/aromatic N) is 3. The van der Waals surface area contributed by atoms with E-state index < -0.39 is 0 Å². The average molecular weight is 314 g/mol. The number of H-pyrrole nitrogens is 1. The number of nitrogens with one attached hydrogen (secondary N) is 1. The number of rotatable bonds is 4. The third-order valence-electron chi connectivity index (χ3n) is 3.64. The Hall–Kier alpha value is -2.15. The summed E-state index contributed by atoms with van der Waals surface area (Å²) in [6, 6.07) is 7.30. The number of benzene rings is 1. The molecule has 0 radical (unpaired) electrons. The highest BCUT2D eigenvalue weighted by Gasteiger charge is 2.29. The standard InChI is InChI=1S/C15H14N4O2S/c1-8(22-15-19-18-14(21-15)9-6-7-9)12-16-11-5-3-2-4-10(11)13(20)17-12/h2-5,8-9H,6-7H2,1H3,(H,16,17,20)/t8-/m1/s1. The first kappa shape index (κ1) is 13.5. The highest BCUT2D eigenvalue weighted by molar-refractivity contribution is 7.99. The lowest BCUT2D eigenvalue weighted by molar-refractivity contribution is 0.413. The van der Waals surface area contributed by atoms with Crippen molar-refractivity contribution in [1.82, 2.24) is 20.2 Å². The van der Waals surface area contributed by atoms with Crippen molar-refractivity contribution in [3.05, 3.63) is 46.3 Å². The van der Waals surface area contributed by atoms with Gasteiger partial charge in [0, 0.05) is 5.92 Å². The minimum absolute atomic E-state index is 0.0789. The van der Waals surface area contributed by atoms with E-state index in [1.165, 1.54) is 11.8 Å². The molecule has 0 unspecified atom stereocenters. The van der Waals surface area contributed by atoms with E-state index in [0.717, 1.165) is 18.7 Å². The maximum Gasteiger partial charge on any atom is 0.277 e. The van der Waals surface area contributed by atoms with Crippen LogP contribution in [0.2, 0.25) is 0 Å². The lowest BCUT2D eigenvalue weighted by Gasteiger charge is -2.08. The molecule has 1 fully saturated rings. The SMILES string of the molecule is C[C@@H](Sc1nnc(C2CC2)o1)c1nc2ccccc2c(=O)[nH]1. The normalized spacial score (nSPS) is 16.0. The van der Waals surface area contributed by atoms with Gasteiger partial charge < -0.3 is 9.40 Å². The first-order valence-electron chi connectivity index (χ1n) is 7.20. The van der Waals surface area contributed by atoms with E-state index in [4.69, 9.17) is 4.42 Å². The maximum atomic E-state index is 12.1. The highest BCUT2D eigenvalue weighted by Crippen LogP contribution is 2.41. The summed E-state index contributed by atoms with van der Waals surface area (Å²) in [6.07, 6.45) is 2.25. The molecule has 1 atom stereocenters. The lowest BCUT2D eigenvalue weighted by Crippen LogP contribution is -2.12. The van der Waals surface area contributed by atoms with Gasteiger partial charge >= 0.3 is 0 Å². The van der Waals surface area contributed by atoms with Gasteiger partial charge in [-0.1, -0.05) is 23.9 Å². The molecule has 0 bridgehead atoms. The van der Waals surface area contributed by atoms with Crippen LogP contribution in [0.1, 0.15) is 42.6 Å². The van der Waals surface area contributed by atoms with Crippen molar-refractivity contribution in [2.45, 2.75) is 36.2 Å². The molecular weight excluding hydrogens is 300 g/mol. The molecule has 2 aromatic heterocycles. The minimum atomic E-state index is -0.128. The molecule has 7 heteroatoms. The third kappa shape index (κ3) is 2.52. The van der Waals surface area contributed by atoms with Crippen molar-refractivity contribution in [1.29, 1.82) is 0 Å². The van der Waals surface area contributed by atoms with Crippen LogP contribution in [0.5, 0.6) is 0 Å². The fourth-order valence-electron chi connectivity index (χ4n) is 2.27. The number of para-hydroxylation sites is 1. The topological polar surface area (TPSA) is 84.7 Å². The van der Waals surface area contributed by atoms with Crippen LogP contribution < -0.4 is 5.56 Å². The van der Waals surface area contributed by atoms with Crippen LogP contribution in [0.25, 0.3) is 10.9 Å². The van der Waals surface area contributed by atoms with Crippen LogP contribution >= 0.6 is 11.8 Å². The van der Waals surface area contributed by atoms with Crippen molar-refractivity contribution >= 4 is 22.7 Å². The maximum absolute atomic E-state index is 12.1. The summed E-state index contributed by atoms with van der Waals surface area (Å²) in [5.74, 6) is 1.77. The Morgan fingerprint density at radius 1 is 1.32 bits per heavy atom. The molecule has 22 heavy (non-hydrogen) atoms. The molecule has 6 nitrogen and oxygen atoms in total. The van der Waals surface area contributed by atoms with Gasteiger partial charge in [-0.15, -0.1) is 10.2 Å². The molecule has 2 heterocycles. The zero-order valence-electron chi connectivity index (χ0n) is 11.9. The second-order valence-corrected chi connectivity index (χ2v) is 6.70. The average Bonchev–Trinajstić information content (AvgIpc) is 3.27. The van der Waals surface area contributed by atoms with Crippen LogP contribution in [0.4, 0.5) is 0 Å². The van der Waals surface area contributed by atoms with E-state index in [1.807, 2.05) is 25.1 Å². The third-order valence-corrected chi connectivity index (χ3v) is 4.59. The summed E-state index contributed by atoms with van der Waals surface area (Å²) in [4.78, 5) is 19.5. The molecule has 0 aliphatic heterocycles. The van der Waals surface area contributed by atoms with E-state index in [1.54, 1.807) is 6.07 Å². The number of hydrogen-bond donors (Lipinski definition) is 1. The summed E-state index contributed by atoms with van der Waals surface area (Å²) in [5, 5.41) is 9.15. The second kappa shape index (κ2) is 5.24. The van der Waals surface area contributed by atoms with Crippen LogP contribution in [0.3, 0.4) is 0 Å². The molecular formula is C15H14N4O2S. The fourth-order valence-corrected chi connectivity index (χ4v) is 3.01. The quantitative estimate of drug-likeness (QED) is 0.745. The summed E-state index contributed by atoms with van der Waals surface area (Å²) in [7, 11) is 0. The van der Waals surface area contributed by atoms with Crippen molar-refractivity contribution in [2.24, 2.45) is 0 Å². The van der Waals surface area contributed by atoms with Gasteiger partial charge in [0.1, 0.15) is 5.82 Å². The molecule has 1 aromatic carbocycles. The van der Waals surface area contributed by atoms with E-state index in [0.29, 0.717) is 27.9 Å². The van der Waals surface area contributed by atoms with Crippen LogP contribution in [0, 0.1) is 0 Å². The molecule has 1 saturated carbocycles. The van der Waals surface area contributed by atoms with Crippen LogP contribution in [0.15, 0.2) is 38.7 Å². The van der Waals surface area contributed by atoms with Gasteiger partial charge in [-0.25, -0.2) is 4.98 Å². The molecule has 1 aliphatic rings. The predicted molar refractivity (Wildman–Crippen MR) is 82.9 cm³/mol. The van der Waals surface area contributed by atoms with Gasteiger partial charge in [0.05, 0.1) is 16.2 Å². The first-order valence-corrected chi connectivity index (χ1v) is 8.07. The van der Waals surface area contributed by atoms with Gasteiger partial charge in [-0.3, -0.25) is 4.79 Å². The molecule has 0 saturated heterocycles. The predicted octanol–water partition coefficient (Wildman–Crippen LogP) is 3.04. The van der Waals surface area contributed by atoms with Gasteiger partial charge in [-0.05, 0) is 31.9 Å². The molecule has 4 rings (SSSR count). The first-order chi connectivity index (χ1) is 10.7. The van der Waals surface area contributed by atoms with Gasteiger partial charge in [0.15, 0.2) is 0 Å². The number of hydrogen-bond acceptors (Lipinski definition) is 6. The van der Waals surface area contributed by atoms with Crippen molar-refractivity contribution in [2.75, 3.05) is 0 Å². The molecule has 0 spiro atoms. The second-order valence-electron chi connectivity index (χ2n) is 5.41. The lowest BCUT2D eigenvalue weighted by atomic mass is 10.2. The largest absolute Gasteiger partial charge is 0.416 e. The Kier molecular flexibility index (Phi) is 3.22. The van der Waals surface area contributed by atoms with Crippen molar-refractivity contribution < 1.29 is 4.42 Å². The summed E-state index contributed by atoms with van der Waals surface area (Å²) >= 11 is 1.41. The number of fused-ring (bicyclic) bond motifs is 1. The Balaban J connectivity index is 1.61. The van der Waals surface area contributed by atoms with Crippen molar-refractivity contribution in [3.8, 4) is 0 Å². The van der Waals surface area contributed by atoms with E-state index in [-0.39, 0.29) is 10.8 Å². The molecule has 0 amide bonds. The Morgan fingerprint density at radius 2 is 2.14 bits per heavy atom. The monoisotopic (exact) mass is 314 g/mol. The smallest absolute Gasteiger partial charge is 0.277 e. The molecule has 3 aromatic rings. The van der Waals surface area contributed by atoms with Gasteiger partial charge in [0.2, 0.25) is 5.89 Å². The summed E-state index contributed by atoms with van der Waals surface area (Å²) < 4.78 is 5.64. The Labute approximate surface area is 130 Å². The highest BCUT2D eigenvalue weighted by atomic mass is 32.2. The number of aromatic amines is 1. The zero-order valence-corrected chi connectivity index (χ0v) is 12.8. The van der Waals surface area contributed by atoms with Crippen molar-refractivity contribution in [3.63, 3.8) is 0 Å². The van der Waals surface area contributed by atoms with Gasteiger partial charge in [-0.2, -0.15) is 0 Å². The molecule has 1 aliphatic carbocycles. The minimum Gasteiger partial charge on any atom is -0.416 e. The Morgan fingerprint density at radius 3 is 2.95 bits per heavy atom. The summed E-state index contributed by atoms with van der Waals surface area (Å²) in [5.41, 5.74) is 0.565. The van der Waals surface area contributed by atoms with Gasteiger partial charge in [0.25, 0.3) is 10.8 Å². The van der Waals surface area contributed by atoms with E-state index in [2.05, 4.69) is 20.2 Å². The van der Waals surface area contributed by atoms with E-state index >= 15 is 0 Å². The molecule has 1 N–H and O–H groups in total. The zero-order chi connectivity index (χ0) is 15.1. The fraction of sp³-hybridized carbons (Fsp3) is 0.333. The number of aromatic nitrogens is 4.